The van der Waals surface area contributed by atoms with E-state index in [4.69, 9.17) is 15.2 Å². The van der Waals surface area contributed by atoms with Crippen molar-refractivity contribution < 1.29 is 14.3 Å². The Morgan fingerprint density at radius 2 is 1.95 bits per heavy atom. The van der Waals surface area contributed by atoms with Gasteiger partial charge in [0.1, 0.15) is 12.2 Å². The molecule has 0 aliphatic heterocycles. The number of hydrogen-bond donors (Lipinski definition) is 1. The maximum absolute atomic E-state index is 12.2. The minimum Gasteiger partial charge on any atom is -0.494 e. The van der Waals surface area contributed by atoms with Crippen molar-refractivity contribution >= 4 is 11.7 Å². The van der Waals surface area contributed by atoms with Crippen LogP contribution < -0.4 is 10.5 Å². The van der Waals surface area contributed by atoms with Crippen LogP contribution in [0, 0.1) is 13.8 Å². The summed E-state index contributed by atoms with van der Waals surface area (Å²) in [5.74, 6) is -0.0940. The van der Waals surface area contributed by atoms with Crippen LogP contribution in [0.4, 0.5) is 5.69 Å². The van der Waals surface area contributed by atoms with Crippen LogP contribution in [0.15, 0.2) is 36.4 Å². The molecule has 4 heteroatoms. The number of rotatable bonds is 4. The zero-order valence-electron chi connectivity index (χ0n) is 12.5. The van der Waals surface area contributed by atoms with Gasteiger partial charge in [0.25, 0.3) is 0 Å². The number of nitrogens with two attached hydrogens (primary N) is 1. The zero-order valence-corrected chi connectivity index (χ0v) is 12.5. The highest BCUT2D eigenvalue weighted by Gasteiger charge is 2.16. The van der Waals surface area contributed by atoms with E-state index in [2.05, 4.69) is 0 Å². The van der Waals surface area contributed by atoms with Gasteiger partial charge in [-0.3, -0.25) is 0 Å². The van der Waals surface area contributed by atoms with Crippen LogP contribution in [-0.2, 0) is 11.3 Å². The zero-order chi connectivity index (χ0) is 15.4. The molecular formula is C17H19NO3. The lowest BCUT2D eigenvalue weighted by atomic mass is 10.1. The van der Waals surface area contributed by atoms with E-state index in [1.807, 2.05) is 32.0 Å². The Kier molecular flexibility index (Phi) is 4.48. The molecule has 110 valence electrons. The molecule has 2 aromatic carbocycles. The van der Waals surface area contributed by atoms with Gasteiger partial charge in [-0.25, -0.2) is 4.79 Å². The molecule has 0 unspecified atom stereocenters. The third-order valence-corrected chi connectivity index (χ3v) is 3.33. The number of aryl methyl sites for hydroxylation is 2. The fourth-order valence-electron chi connectivity index (χ4n) is 2.12. The molecule has 2 N–H and O–H groups in total. The van der Waals surface area contributed by atoms with Crippen molar-refractivity contribution in [2.45, 2.75) is 20.5 Å². The van der Waals surface area contributed by atoms with Gasteiger partial charge in [0.15, 0.2) is 5.75 Å². The maximum Gasteiger partial charge on any atom is 0.342 e. The lowest BCUT2D eigenvalue weighted by Gasteiger charge is -2.12. The first-order valence-corrected chi connectivity index (χ1v) is 6.68. The molecule has 0 aromatic heterocycles. The lowest BCUT2D eigenvalue weighted by Crippen LogP contribution is -2.09. The summed E-state index contributed by atoms with van der Waals surface area (Å²) in [6.45, 7) is 4.22. The van der Waals surface area contributed by atoms with Crippen molar-refractivity contribution in [1.29, 1.82) is 0 Å². The van der Waals surface area contributed by atoms with Gasteiger partial charge in [0.2, 0.25) is 0 Å². The Morgan fingerprint density at radius 1 is 1.19 bits per heavy atom. The number of hydrogen-bond acceptors (Lipinski definition) is 4. The van der Waals surface area contributed by atoms with Gasteiger partial charge >= 0.3 is 5.97 Å². The number of anilines is 1. The van der Waals surface area contributed by atoms with E-state index in [0.717, 1.165) is 16.7 Å². The number of benzene rings is 2. The molecule has 21 heavy (non-hydrogen) atoms. The predicted octanol–water partition coefficient (Wildman–Crippen LogP) is 3.25. The van der Waals surface area contributed by atoms with Crippen LogP contribution in [0.5, 0.6) is 5.75 Å². The van der Waals surface area contributed by atoms with Gasteiger partial charge in [-0.15, -0.1) is 0 Å². The van der Waals surface area contributed by atoms with Gasteiger partial charge in [0.05, 0.1) is 12.8 Å². The second-order valence-corrected chi connectivity index (χ2v) is 4.93. The van der Waals surface area contributed by atoms with Crippen LogP contribution in [0.2, 0.25) is 0 Å². The van der Waals surface area contributed by atoms with E-state index < -0.39 is 5.97 Å². The minimum atomic E-state index is -0.444. The fourth-order valence-corrected chi connectivity index (χ4v) is 2.12. The van der Waals surface area contributed by atoms with Gasteiger partial charge in [-0.05, 0) is 37.1 Å². The van der Waals surface area contributed by atoms with Crippen molar-refractivity contribution in [2.75, 3.05) is 12.8 Å². The molecular weight excluding hydrogens is 266 g/mol. The van der Waals surface area contributed by atoms with Gasteiger partial charge in [-0.2, -0.15) is 0 Å². The van der Waals surface area contributed by atoms with Crippen LogP contribution in [-0.4, -0.2) is 13.1 Å². The Hall–Kier alpha value is -2.49. The normalized spacial score (nSPS) is 10.2. The Balaban J connectivity index is 2.16. The SMILES string of the molecule is COc1c(N)cccc1C(=O)OCc1cc(C)ccc1C. The summed E-state index contributed by atoms with van der Waals surface area (Å²) in [4.78, 5) is 12.2. The molecule has 0 radical (unpaired) electrons. The quantitative estimate of drug-likeness (QED) is 0.692. The predicted molar refractivity (Wildman–Crippen MR) is 82.4 cm³/mol. The summed E-state index contributed by atoms with van der Waals surface area (Å²) in [5, 5.41) is 0. The molecule has 2 aromatic rings. The topological polar surface area (TPSA) is 61.5 Å². The van der Waals surface area contributed by atoms with Gasteiger partial charge in [-0.1, -0.05) is 29.8 Å². The molecule has 0 aliphatic rings. The Labute approximate surface area is 124 Å². The molecule has 0 saturated carbocycles. The van der Waals surface area contributed by atoms with Crippen LogP contribution in [0.1, 0.15) is 27.0 Å². The van der Waals surface area contributed by atoms with Crippen molar-refractivity contribution in [3.8, 4) is 5.75 Å². The number of nitrogen functional groups attached to an aromatic ring is 1. The Morgan fingerprint density at radius 3 is 2.67 bits per heavy atom. The highest BCUT2D eigenvalue weighted by molar-refractivity contribution is 5.94. The summed E-state index contributed by atoms with van der Waals surface area (Å²) in [7, 11) is 1.48. The highest BCUT2D eigenvalue weighted by Crippen LogP contribution is 2.26. The number of esters is 1. The molecule has 0 saturated heterocycles. The summed E-state index contributed by atoms with van der Waals surface area (Å²) >= 11 is 0. The molecule has 0 spiro atoms. The van der Waals surface area contributed by atoms with Gasteiger partial charge < -0.3 is 15.2 Å². The standard InChI is InChI=1S/C17H19NO3/c1-11-7-8-12(2)13(9-11)10-21-17(19)14-5-4-6-15(18)16(14)20-3/h4-9H,10,18H2,1-3H3. The highest BCUT2D eigenvalue weighted by atomic mass is 16.5. The second-order valence-electron chi connectivity index (χ2n) is 4.93. The average molecular weight is 285 g/mol. The number of carbonyl (C=O) groups is 1. The monoisotopic (exact) mass is 285 g/mol. The molecule has 4 nitrogen and oxygen atoms in total. The summed E-state index contributed by atoms with van der Waals surface area (Å²) < 4.78 is 10.5. The third kappa shape index (κ3) is 3.34. The number of carbonyl (C=O) groups excluding carboxylic acids is 1. The number of para-hydroxylation sites is 1. The van der Waals surface area contributed by atoms with Gasteiger partial charge in [0, 0.05) is 0 Å². The van der Waals surface area contributed by atoms with Crippen LogP contribution in [0.3, 0.4) is 0 Å². The van der Waals surface area contributed by atoms with Crippen LogP contribution in [0.25, 0.3) is 0 Å². The van der Waals surface area contributed by atoms with Crippen molar-refractivity contribution in [2.24, 2.45) is 0 Å². The molecule has 0 heterocycles. The molecule has 0 atom stereocenters. The molecule has 0 amide bonds. The summed E-state index contributed by atoms with van der Waals surface area (Å²) in [6, 6.07) is 11.1. The van der Waals surface area contributed by atoms with Crippen molar-refractivity contribution in [3.05, 3.63) is 58.7 Å². The van der Waals surface area contributed by atoms with Crippen molar-refractivity contribution in [3.63, 3.8) is 0 Å². The van der Waals surface area contributed by atoms with E-state index in [-0.39, 0.29) is 6.61 Å². The second kappa shape index (κ2) is 6.31. The molecule has 2 rings (SSSR count). The largest absolute Gasteiger partial charge is 0.494 e. The smallest absolute Gasteiger partial charge is 0.342 e. The summed E-state index contributed by atoms with van der Waals surface area (Å²) in [6.07, 6.45) is 0. The summed E-state index contributed by atoms with van der Waals surface area (Å²) in [5.41, 5.74) is 9.75. The molecule has 0 bridgehead atoms. The van der Waals surface area contributed by atoms with E-state index in [0.29, 0.717) is 17.0 Å². The van der Waals surface area contributed by atoms with Crippen LogP contribution >= 0.6 is 0 Å². The minimum absolute atomic E-state index is 0.226. The lowest BCUT2D eigenvalue weighted by molar-refractivity contribution is 0.0468. The first-order chi connectivity index (χ1) is 10.0. The first kappa shape index (κ1) is 14.9. The van der Waals surface area contributed by atoms with E-state index >= 15 is 0 Å². The van der Waals surface area contributed by atoms with Crippen molar-refractivity contribution in [1.82, 2.24) is 0 Å². The number of methoxy groups -OCH3 is 1. The van der Waals surface area contributed by atoms with E-state index in [1.165, 1.54) is 7.11 Å². The maximum atomic E-state index is 12.2. The van der Waals surface area contributed by atoms with E-state index in [9.17, 15) is 4.79 Å². The fraction of sp³-hybridized carbons (Fsp3) is 0.235. The average Bonchev–Trinajstić information content (AvgIpc) is 2.47. The van der Waals surface area contributed by atoms with E-state index in [1.54, 1.807) is 18.2 Å². The Bertz CT molecular complexity index is 665. The molecule has 0 fully saturated rings. The third-order valence-electron chi connectivity index (χ3n) is 3.33. The first-order valence-electron chi connectivity index (χ1n) is 6.68. The molecule has 0 aliphatic carbocycles. The number of ether oxygens (including phenoxy) is 2.